The molecule has 1 saturated heterocycles. The lowest BCUT2D eigenvalue weighted by atomic mass is 10.1. The third-order valence-corrected chi connectivity index (χ3v) is 5.92. The molecule has 3 heterocycles. The predicted molar refractivity (Wildman–Crippen MR) is 118 cm³/mol. The summed E-state index contributed by atoms with van der Waals surface area (Å²) >= 11 is 0. The van der Waals surface area contributed by atoms with E-state index in [0.29, 0.717) is 43.4 Å². The second-order valence-electron chi connectivity index (χ2n) is 8.04. The largest absolute Gasteiger partial charge is 0.490 e. The number of fused-ring (bicyclic) bond motifs is 2. The number of likely N-dealkylation sites (tertiary alicyclic amines) is 1. The van der Waals surface area contributed by atoms with Crippen molar-refractivity contribution >= 4 is 22.7 Å². The number of rotatable bonds is 5. The first kappa shape index (κ1) is 20.2. The van der Waals surface area contributed by atoms with E-state index in [1.165, 1.54) is 0 Å². The van der Waals surface area contributed by atoms with Crippen LogP contribution in [0.1, 0.15) is 23.2 Å². The van der Waals surface area contributed by atoms with Gasteiger partial charge < -0.3 is 29.4 Å². The van der Waals surface area contributed by atoms with E-state index < -0.39 is 0 Å². The summed E-state index contributed by atoms with van der Waals surface area (Å²) in [4.78, 5) is 26.3. The number of para-hydroxylation sites is 1. The molecule has 0 atom stereocenters. The molecule has 32 heavy (non-hydrogen) atoms. The van der Waals surface area contributed by atoms with E-state index in [4.69, 9.17) is 19.9 Å². The van der Waals surface area contributed by atoms with Crippen molar-refractivity contribution in [3.8, 4) is 17.2 Å². The molecule has 1 fully saturated rings. The highest BCUT2D eigenvalue weighted by Gasteiger charge is 2.28. The average molecular weight is 435 g/mol. The Morgan fingerprint density at radius 3 is 2.62 bits per heavy atom. The van der Waals surface area contributed by atoms with E-state index in [1.54, 1.807) is 6.07 Å². The van der Waals surface area contributed by atoms with Crippen LogP contribution >= 0.6 is 0 Å². The van der Waals surface area contributed by atoms with Crippen LogP contribution < -0.4 is 19.9 Å². The van der Waals surface area contributed by atoms with Crippen LogP contribution in [0.3, 0.4) is 0 Å². The molecule has 1 aromatic heterocycles. The molecule has 8 nitrogen and oxygen atoms in total. The third-order valence-electron chi connectivity index (χ3n) is 5.92. The minimum Gasteiger partial charge on any atom is -0.490 e. The van der Waals surface area contributed by atoms with Gasteiger partial charge >= 0.3 is 0 Å². The molecule has 2 N–H and O–H groups in total. The summed E-state index contributed by atoms with van der Waals surface area (Å²) in [7, 11) is 0. The first-order valence-electron chi connectivity index (χ1n) is 10.8. The summed E-state index contributed by atoms with van der Waals surface area (Å²) in [5, 5.41) is 0.945. The lowest BCUT2D eigenvalue weighted by Gasteiger charge is -2.33. The van der Waals surface area contributed by atoms with Crippen molar-refractivity contribution < 1.29 is 23.8 Å². The highest BCUT2D eigenvalue weighted by molar-refractivity contribution is 5.98. The number of ether oxygens (including phenoxy) is 3. The van der Waals surface area contributed by atoms with Gasteiger partial charge in [-0.25, -0.2) is 0 Å². The average Bonchev–Trinajstić information content (AvgIpc) is 3.22. The zero-order valence-electron chi connectivity index (χ0n) is 17.7. The second kappa shape index (κ2) is 8.45. The van der Waals surface area contributed by atoms with Crippen LogP contribution in [0.5, 0.6) is 17.2 Å². The fourth-order valence-electron chi connectivity index (χ4n) is 4.37. The number of carbonyl (C=O) groups excluding carboxylic acids is 2. The highest BCUT2D eigenvalue weighted by atomic mass is 16.6. The fraction of sp³-hybridized carbons (Fsp3) is 0.333. The first-order chi connectivity index (χ1) is 15.6. The SMILES string of the molecule is NC(=O)Cn1ccc2c(OC3CCN(C(=O)c4cccc5c4OCCO5)CC3)cccc21. The van der Waals surface area contributed by atoms with Gasteiger partial charge in [0.1, 0.15) is 31.6 Å². The van der Waals surface area contributed by atoms with E-state index in [0.717, 1.165) is 29.5 Å². The molecule has 166 valence electrons. The van der Waals surface area contributed by atoms with Crippen molar-refractivity contribution in [1.82, 2.24) is 9.47 Å². The lowest BCUT2D eigenvalue weighted by Crippen LogP contribution is -2.42. The Morgan fingerprint density at radius 2 is 1.81 bits per heavy atom. The van der Waals surface area contributed by atoms with Crippen LogP contribution in [-0.2, 0) is 11.3 Å². The number of nitrogens with two attached hydrogens (primary N) is 1. The number of primary amides is 1. The molecular weight excluding hydrogens is 410 g/mol. The predicted octanol–water partition coefficient (Wildman–Crippen LogP) is 2.58. The van der Waals surface area contributed by atoms with Crippen molar-refractivity contribution in [2.45, 2.75) is 25.5 Å². The Bertz CT molecular complexity index is 1160. The summed E-state index contributed by atoms with van der Waals surface area (Å²) in [6.45, 7) is 2.27. The maximum absolute atomic E-state index is 13.1. The maximum Gasteiger partial charge on any atom is 0.257 e. The van der Waals surface area contributed by atoms with Gasteiger partial charge in [0.15, 0.2) is 11.5 Å². The Kier molecular flexibility index (Phi) is 5.34. The van der Waals surface area contributed by atoms with Crippen LogP contribution in [-0.4, -0.2) is 53.7 Å². The molecule has 2 aliphatic heterocycles. The van der Waals surface area contributed by atoms with Crippen LogP contribution in [0.4, 0.5) is 0 Å². The van der Waals surface area contributed by atoms with Gasteiger partial charge in [0.05, 0.1) is 11.1 Å². The van der Waals surface area contributed by atoms with Gasteiger partial charge in [-0.1, -0.05) is 12.1 Å². The molecular formula is C24H25N3O5. The molecule has 2 aliphatic rings. The number of amides is 2. The van der Waals surface area contributed by atoms with Gasteiger partial charge in [-0.15, -0.1) is 0 Å². The number of nitrogens with zero attached hydrogens (tertiary/aromatic N) is 2. The van der Waals surface area contributed by atoms with Crippen LogP contribution in [0.2, 0.25) is 0 Å². The Balaban J connectivity index is 1.25. The monoisotopic (exact) mass is 435 g/mol. The number of hydrogen-bond donors (Lipinski definition) is 1. The molecule has 0 saturated carbocycles. The number of benzene rings is 2. The van der Waals surface area contributed by atoms with E-state index in [2.05, 4.69) is 0 Å². The quantitative estimate of drug-likeness (QED) is 0.665. The molecule has 0 aliphatic carbocycles. The standard InChI is InChI=1S/C24H25N3O5/c25-22(28)15-27-12-9-17-19(27)4-2-5-20(17)32-16-7-10-26(11-8-16)24(29)18-3-1-6-21-23(18)31-14-13-30-21/h1-6,9,12,16H,7-8,10-11,13-15H2,(H2,25,28). The number of hydrogen-bond acceptors (Lipinski definition) is 5. The summed E-state index contributed by atoms with van der Waals surface area (Å²) in [6, 6.07) is 13.2. The van der Waals surface area contributed by atoms with Gasteiger partial charge in [-0.2, -0.15) is 0 Å². The zero-order chi connectivity index (χ0) is 22.1. The van der Waals surface area contributed by atoms with E-state index in [9.17, 15) is 9.59 Å². The molecule has 0 radical (unpaired) electrons. The normalized spacial score (nSPS) is 16.2. The summed E-state index contributed by atoms with van der Waals surface area (Å²) in [5.74, 6) is 1.50. The molecule has 2 aromatic carbocycles. The Morgan fingerprint density at radius 1 is 1.03 bits per heavy atom. The van der Waals surface area contributed by atoms with Crippen molar-refractivity contribution in [3.63, 3.8) is 0 Å². The molecule has 2 amide bonds. The van der Waals surface area contributed by atoms with Crippen molar-refractivity contribution in [2.24, 2.45) is 5.73 Å². The summed E-state index contributed by atoms with van der Waals surface area (Å²) < 4.78 is 19.4. The van der Waals surface area contributed by atoms with E-state index in [-0.39, 0.29) is 24.5 Å². The summed E-state index contributed by atoms with van der Waals surface area (Å²) in [6.07, 6.45) is 3.32. The van der Waals surface area contributed by atoms with Crippen molar-refractivity contribution in [1.29, 1.82) is 0 Å². The van der Waals surface area contributed by atoms with Crippen molar-refractivity contribution in [2.75, 3.05) is 26.3 Å². The molecule has 5 rings (SSSR count). The number of carbonyl (C=O) groups is 2. The van der Waals surface area contributed by atoms with Crippen LogP contribution in [0.25, 0.3) is 10.9 Å². The molecule has 8 heteroatoms. The first-order valence-corrected chi connectivity index (χ1v) is 10.8. The van der Waals surface area contributed by atoms with Gasteiger partial charge in [0.2, 0.25) is 5.91 Å². The third kappa shape index (κ3) is 3.84. The molecule has 0 bridgehead atoms. The smallest absolute Gasteiger partial charge is 0.257 e. The zero-order valence-corrected chi connectivity index (χ0v) is 17.7. The van der Waals surface area contributed by atoms with Gasteiger partial charge in [-0.3, -0.25) is 9.59 Å². The topological polar surface area (TPSA) is 96.0 Å². The maximum atomic E-state index is 13.1. The van der Waals surface area contributed by atoms with Gasteiger partial charge in [0, 0.05) is 37.5 Å². The minimum atomic E-state index is -0.387. The minimum absolute atomic E-state index is 0.00779. The Hall–Kier alpha value is -3.68. The molecule has 0 spiro atoms. The van der Waals surface area contributed by atoms with E-state index >= 15 is 0 Å². The summed E-state index contributed by atoms with van der Waals surface area (Å²) in [5.41, 5.74) is 6.79. The Labute approximate surface area is 185 Å². The number of aromatic nitrogens is 1. The second-order valence-corrected chi connectivity index (χ2v) is 8.04. The molecule has 0 unspecified atom stereocenters. The van der Waals surface area contributed by atoms with Crippen molar-refractivity contribution in [3.05, 3.63) is 54.2 Å². The highest BCUT2D eigenvalue weighted by Crippen LogP contribution is 2.35. The van der Waals surface area contributed by atoms with Gasteiger partial charge in [0.25, 0.3) is 5.91 Å². The van der Waals surface area contributed by atoms with E-state index in [1.807, 2.05) is 52.1 Å². The number of piperidine rings is 1. The van der Waals surface area contributed by atoms with Crippen LogP contribution in [0.15, 0.2) is 48.7 Å². The molecule has 3 aromatic rings. The fourth-order valence-corrected chi connectivity index (χ4v) is 4.37. The van der Waals surface area contributed by atoms with Crippen LogP contribution in [0, 0.1) is 0 Å². The lowest BCUT2D eigenvalue weighted by molar-refractivity contribution is -0.118. The van der Waals surface area contributed by atoms with Gasteiger partial charge in [-0.05, 0) is 30.3 Å².